The van der Waals surface area contributed by atoms with E-state index in [2.05, 4.69) is 5.32 Å². The molecular weight excluding hydrogens is 304 g/mol. The van der Waals surface area contributed by atoms with E-state index in [1.807, 2.05) is 6.07 Å². The molecule has 0 radical (unpaired) electrons. The third-order valence-corrected chi connectivity index (χ3v) is 3.20. The highest BCUT2D eigenvalue weighted by molar-refractivity contribution is 6.30. The lowest BCUT2D eigenvalue weighted by molar-refractivity contribution is -0.384. The van der Waals surface area contributed by atoms with Crippen LogP contribution < -0.4 is 5.32 Å². The molecule has 0 aliphatic heterocycles. The number of rotatable bonds is 4. The van der Waals surface area contributed by atoms with E-state index in [4.69, 9.17) is 11.6 Å². The van der Waals surface area contributed by atoms with Gasteiger partial charge in [0.25, 0.3) is 5.69 Å². The Labute approximate surface area is 132 Å². The van der Waals surface area contributed by atoms with E-state index in [0.717, 1.165) is 11.1 Å². The van der Waals surface area contributed by atoms with Crippen LogP contribution in [0.3, 0.4) is 0 Å². The van der Waals surface area contributed by atoms with Gasteiger partial charge in [-0.2, -0.15) is 0 Å². The van der Waals surface area contributed by atoms with Crippen molar-refractivity contribution < 1.29 is 9.72 Å². The number of carbonyl (C=O) groups excluding carboxylic acids is 1. The first-order valence-corrected chi connectivity index (χ1v) is 6.83. The van der Waals surface area contributed by atoms with Crippen LogP contribution in [-0.4, -0.2) is 10.8 Å². The minimum absolute atomic E-state index is 0.0697. The van der Waals surface area contributed by atoms with Gasteiger partial charge in [-0.1, -0.05) is 29.8 Å². The van der Waals surface area contributed by atoms with E-state index in [9.17, 15) is 14.9 Å². The first kappa shape index (κ1) is 15.7. The molecule has 0 spiro atoms. The zero-order chi connectivity index (χ0) is 16.1. The maximum absolute atomic E-state index is 11.9. The van der Waals surface area contributed by atoms with E-state index < -0.39 is 4.92 Å². The summed E-state index contributed by atoms with van der Waals surface area (Å²) in [5.74, 6) is -0.372. The fourth-order valence-corrected chi connectivity index (χ4v) is 2.01. The van der Waals surface area contributed by atoms with E-state index in [1.165, 1.54) is 18.2 Å². The fraction of sp³-hybridized carbons (Fsp3) is 0.0625. The van der Waals surface area contributed by atoms with E-state index >= 15 is 0 Å². The summed E-state index contributed by atoms with van der Waals surface area (Å²) in [6, 6.07) is 11.4. The molecule has 1 amide bonds. The van der Waals surface area contributed by atoms with E-state index in [0.29, 0.717) is 10.7 Å². The molecule has 2 rings (SSSR count). The SMILES string of the molecule is Cc1ccc([N+](=O)[O-])cc1NC(=O)/C=C/c1cccc(Cl)c1. The summed E-state index contributed by atoms with van der Waals surface area (Å²) in [5.41, 5.74) is 1.88. The second-order valence-corrected chi connectivity index (χ2v) is 5.07. The lowest BCUT2D eigenvalue weighted by Crippen LogP contribution is -2.09. The molecule has 0 fully saturated rings. The number of nitrogens with zero attached hydrogens (tertiary/aromatic N) is 1. The van der Waals surface area contributed by atoms with Crippen molar-refractivity contribution in [2.24, 2.45) is 0 Å². The predicted molar refractivity (Wildman–Crippen MR) is 86.9 cm³/mol. The normalized spacial score (nSPS) is 10.6. The quantitative estimate of drug-likeness (QED) is 0.521. The van der Waals surface area contributed by atoms with Crippen LogP contribution in [0.15, 0.2) is 48.5 Å². The molecule has 112 valence electrons. The van der Waals surface area contributed by atoms with Gasteiger partial charge in [0.1, 0.15) is 0 Å². The average Bonchev–Trinajstić information content (AvgIpc) is 2.47. The van der Waals surface area contributed by atoms with Crippen LogP contribution >= 0.6 is 11.6 Å². The van der Waals surface area contributed by atoms with Crippen molar-refractivity contribution in [3.05, 3.63) is 74.8 Å². The molecule has 0 heterocycles. The summed E-state index contributed by atoms with van der Waals surface area (Å²) < 4.78 is 0. The van der Waals surface area contributed by atoms with Crippen LogP contribution in [0.2, 0.25) is 5.02 Å². The number of benzene rings is 2. The van der Waals surface area contributed by atoms with Gasteiger partial charge in [0.2, 0.25) is 5.91 Å². The molecule has 22 heavy (non-hydrogen) atoms. The Kier molecular flexibility index (Phi) is 4.91. The molecule has 0 aliphatic rings. The van der Waals surface area contributed by atoms with Gasteiger partial charge in [-0.15, -0.1) is 0 Å². The molecule has 1 N–H and O–H groups in total. The Morgan fingerprint density at radius 2 is 2.05 bits per heavy atom. The van der Waals surface area contributed by atoms with Crippen molar-refractivity contribution >= 4 is 35.0 Å². The second-order valence-electron chi connectivity index (χ2n) is 4.63. The van der Waals surface area contributed by atoms with Crippen LogP contribution in [0, 0.1) is 17.0 Å². The summed E-state index contributed by atoms with van der Waals surface area (Å²) >= 11 is 5.86. The van der Waals surface area contributed by atoms with Crippen LogP contribution in [0.5, 0.6) is 0 Å². The van der Waals surface area contributed by atoms with Crippen molar-refractivity contribution in [1.29, 1.82) is 0 Å². The van der Waals surface area contributed by atoms with Crippen molar-refractivity contribution in [1.82, 2.24) is 0 Å². The van der Waals surface area contributed by atoms with Gasteiger partial charge in [-0.05, 0) is 36.3 Å². The topological polar surface area (TPSA) is 72.2 Å². The second kappa shape index (κ2) is 6.87. The molecular formula is C16H13ClN2O3. The fourth-order valence-electron chi connectivity index (χ4n) is 1.81. The molecule has 5 nitrogen and oxygen atoms in total. The molecule has 0 unspecified atom stereocenters. The molecule has 2 aromatic rings. The monoisotopic (exact) mass is 316 g/mol. The van der Waals surface area contributed by atoms with Gasteiger partial charge in [0.15, 0.2) is 0 Å². The zero-order valence-electron chi connectivity index (χ0n) is 11.7. The number of hydrogen-bond donors (Lipinski definition) is 1. The van der Waals surface area contributed by atoms with Crippen molar-refractivity contribution in [3.8, 4) is 0 Å². The molecule has 0 saturated carbocycles. The highest BCUT2D eigenvalue weighted by Crippen LogP contribution is 2.22. The number of anilines is 1. The summed E-state index contributed by atoms with van der Waals surface area (Å²) in [6.07, 6.45) is 2.97. The first-order valence-electron chi connectivity index (χ1n) is 6.45. The summed E-state index contributed by atoms with van der Waals surface area (Å²) in [4.78, 5) is 22.2. The predicted octanol–water partition coefficient (Wildman–Crippen LogP) is 4.21. The number of nitrogens with one attached hydrogen (secondary N) is 1. The minimum Gasteiger partial charge on any atom is -0.322 e. The largest absolute Gasteiger partial charge is 0.322 e. The maximum Gasteiger partial charge on any atom is 0.271 e. The van der Waals surface area contributed by atoms with Gasteiger partial charge in [0.05, 0.1) is 10.6 Å². The van der Waals surface area contributed by atoms with Crippen molar-refractivity contribution in [2.45, 2.75) is 6.92 Å². The standard InChI is InChI=1S/C16H13ClN2O3/c1-11-5-7-14(19(21)22)10-15(11)18-16(20)8-6-12-3-2-4-13(17)9-12/h2-10H,1H3,(H,18,20)/b8-6+. The van der Waals surface area contributed by atoms with E-state index in [-0.39, 0.29) is 11.6 Å². The lowest BCUT2D eigenvalue weighted by Gasteiger charge is -2.06. The smallest absolute Gasteiger partial charge is 0.271 e. The summed E-state index contributed by atoms with van der Waals surface area (Å²) in [6.45, 7) is 1.76. The van der Waals surface area contributed by atoms with Crippen LogP contribution in [-0.2, 0) is 4.79 Å². The molecule has 6 heteroatoms. The lowest BCUT2D eigenvalue weighted by atomic mass is 10.1. The van der Waals surface area contributed by atoms with Crippen LogP contribution in [0.1, 0.15) is 11.1 Å². The molecule has 2 aromatic carbocycles. The summed E-state index contributed by atoms with van der Waals surface area (Å²) in [7, 11) is 0. The molecule has 0 aliphatic carbocycles. The number of nitro benzene ring substituents is 1. The Bertz CT molecular complexity index is 757. The highest BCUT2D eigenvalue weighted by Gasteiger charge is 2.09. The Morgan fingerprint density at radius 3 is 2.73 bits per heavy atom. The minimum atomic E-state index is -0.503. The van der Waals surface area contributed by atoms with Gasteiger partial charge >= 0.3 is 0 Å². The number of carbonyl (C=O) groups is 1. The number of hydrogen-bond acceptors (Lipinski definition) is 3. The number of non-ortho nitro benzene ring substituents is 1. The van der Waals surface area contributed by atoms with Gasteiger partial charge in [0, 0.05) is 23.2 Å². The third kappa shape index (κ3) is 4.17. The Hall–Kier alpha value is -2.66. The molecule has 0 saturated heterocycles. The number of nitro groups is 1. The Morgan fingerprint density at radius 1 is 1.27 bits per heavy atom. The highest BCUT2D eigenvalue weighted by atomic mass is 35.5. The van der Waals surface area contributed by atoms with Gasteiger partial charge in [-0.3, -0.25) is 14.9 Å². The van der Waals surface area contributed by atoms with Gasteiger partial charge < -0.3 is 5.32 Å². The maximum atomic E-state index is 11.9. The van der Waals surface area contributed by atoms with Crippen LogP contribution in [0.4, 0.5) is 11.4 Å². The number of halogens is 1. The third-order valence-electron chi connectivity index (χ3n) is 2.97. The van der Waals surface area contributed by atoms with Crippen LogP contribution in [0.25, 0.3) is 6.08 Å². The number of amides is 1. The summed E-state index contributed by atoms with van der Waals surface area (Å²) in [5, 5.41) is 14.0. The molecule has 0 bridgehead atoms. The zero-order valence-corrected chi connectivity index (χ0v) is 12.5. The molecule has 0 atom stereocenters. The van der Waals surface area contributed by atoms with Crippen molar-refractivity contribution in [2.75, 3.05) is 5.32 Å². The molecule has 0 aromatic heterocycles. The van der Waals surface area contributed by atoms with Crippen molar-refractivity contribution in [3.63, 3.8) is 0 Å². The Balaban J connectivity index is 2.12. The van der Waals surface area contributed by atoms with Gasteiger partial charge in [-0.25, -0.2) is 0 Å². The van der Waals surface area contributed by atoms with E-state index in [1.54, 1.807) is 37.3 Å². The first-order chi connectivity index (χ1) is 10.5. The number of aryl methyl sites for hydroxylation is 1. The average molecular weight is 317 g/mol.